The highest BCUT2D eigenvalue weighted by Crippen LogP contribution is 2.20. The molecular weight excluding hydrogens is 307 g/mol. The first-order valence-corrected chi connectivity index (χ1v) is 5.78. The van der Waals surface area contributed by atoms with E-state index < -0.39 is 5.97 Å². The maximum atomic E-state index is 10.3. The van der Waals surface area contributed by atoms with E-state index in [1.165, 1.54) is 3.57 Å². The standard InChI is InChI=1S/C11H13IO3/c1-8-7-9(12)4-5-10(8)15-6-2-3-11(13)14/h4-5,7H,2-3,6H2,1H3,(H,13,14). The van der Waals surface area contributed by atoms with Gasteiger partial charge in [0.1, 0.15) is 5.75 Å². The third-order valence-corrected chi connectivity index (χ3v) is 2.60. The molecule has 0 aliphatic heterocycles. The minimum atomic E-state index is -0.780. The number of hydrogen-bond acceptors (Lipinski definition) is 2. The van der Waals surface area contributed by atoms with Crippen LogP contribution in [0.1, 0.15) is 18.4 Å². The molecule has 1 N–H and O–H groups in total. The molecule has 0 radical (unpaired) electrons. The highest BCUT2D eigenvalue weighted by atomic mass is 127. The maximum absolute atomic E-state index is 10.3. The van der Waals surface area contributed by atoms with Gasteiger partial charge in [-0.1, -0.05) is 0 Å². The minimum absolute atomic E-state index is 0.156. The quantitative estimate of drug-likeness (QED) is 0.670. The molecule has 0 bridgehead atoms. The molecule has 1 aromatic carbocycles. The fourth-order valence-electron chi connectivity index (χ4n) is 1.18. The van der Waals surface area contributed by atoms with Crippen LogP contribution in [0.3, 0.4) is 0 Å². The van der Waals surface area contributed by atoms with Crippen molar-refractivity contribution >= 4 is 28.6 Å². The van der Waals surface area contributed by atoms with E-state index in [0.717, 1.165) is 11.3 Å². The largest absolute Gasteiger partial charge is 0.493 e. The number of rotatable bonds is 5. The number of halogens is 1. The van der Waals surface area contributed by atoms with Gasteiger partial charge in [0, 0.05) is 9.99 Å². The van der Waals surface area contributed by atoms with Gasteiger partial charge < -0.3 is 9.84 Å². The molecule has 0 aromatic heterocycles. The van der Waals surface area contributed by atoms with Crippen molar-refractivity contribution < 1.29 is 14.6 Å². The first kappa shape index (κ1) is 12.3. The highest BCUT2D eigenvalue weighted by Gasteiger charge is 2.01. The number of ether oxygens (including phenoxy) is 1. The van der Waals surface area contributed by atoms with Crippen LogP contribution in [-0.4, -0.2) is 17.7 Å². The second kappa shape index (κ2) is 5.95. The fraction of sp³-hybridized carbons (Fsp3) is 0.364. The molecule has 0 heterocycles. The van der Waals surface area contributed by atoms with Crippen LogP contribution in [0.5, 0.6) is 5.75 Å². The minimum Gasteiger partial charge on any atom is -0.493 e. The lowest BCUT2D eigenvalue weighted by molar-refractivity contribution is -0.137. The number of benzene rings is 1. The van der Waals surface area contributed by atoms with Crippen LogP contribution in [0.2, 0.25) is 0 Å². The Morgan fingerprint density at radius 2 is 2.27 bits per heavy atom. The molecule has 4 heteroatoms. The molecule has 82 valence electrons. The zero-order valence-corrected chi connectivity index (χ0v) is 10.7. The summed E-state index contributed by atoms with van der Waals surface area (Å²) < 4.78 is 6.64. The van der Waals surface area contributed by atoms with Gasteiger partial charge in [0.15, 0.2) is 0 Å². The Labute approximate surface area is 103 Å². The third-order valence-electron chi connectivity index (χ3n) is 1.93. The predicted octanol–water partition coefficient (Wildman–Crippen LogP) is 2.84. The van der Waals surface area contributed by atoms with Crippen molar-refractivity contribution in [1.29, 1.82) is 0 Å². The van der Waals surface area contributed by atoms with E-state index in [1.54, 1.807) is 0 Å². The smallest absolute Gasteiger partial charge is 0.303 e. The number of carboxylic acid groups (broad SMARTS) is 1. The normalized spacial score (nSPS) is 10.0. The van der Waals surface area contributed by atoms with Gasteiger partial charge in [-0.3, -0.25) is 4.79 Å². The SMILES string of the molecule is Cc1cc(I)ccc1OCCCC(=O)O. The van der Waals surface area contributed by atoms with Crippen LogP contribution >= 0.6 is 22.6 Å². The van der Waals surface area contributed by atoms with Crippen LogP contribution in [0.15, 0.2) is 18.2 Å². The molecular formula is C11H13IO3. The molecule has 0 fully saturated rings. The average molecular weight is 320 g/mol. The van der Waals surface area contributed by atoms with E-state index in [4.69, 9.17) is 9.84 Å². The lowest BCUT2D eigenvalue weighted by Gasteiger charge is -2.08. The van der Waals surface area contributed by atoms with Crippen LogP contribution in [0, 0.1) is 10.5 Å². The fourth-order valence-corrected chi connectivity index (χ4v) is 1.83. The summed E-state index contributed by atoms with van der Waals surface area (Å²) in [7, 11) is 0. The Hall–Kier alpha value is -0.780. The lowest BCUT2D eigenvalue weighted by Crippen LogP contribution is -2.02. The summed E-state index contributed by atoms with van der Waals surface area (Å²) in [6, 6.07) is 5.92. The van der Waals surface area contributed by atoms with Gasteiger partial charge >= 0.3 is 5.97 Å². The summed E-state index contributed by atoms with van der Waals surface area (Å²) in [6.07, 6.45) is 0.699. The molecule has 0 aliphatic rings. The van der Waals surface area contributed by atoms with Crippen LogP contribution in [0.4, 0.5) is 0 Å². The Balaban J connectivity index is 2.40. The lowest BCUT2D eigenvalue weighted by atomic mass is 10.2. The Bertz CT molecular complexity index is 350. The first-order valence-electron chi connectivity index (χ1n) is 4.70. The number of carboxylic acids is 1. The van der Waals surface area contributed by atoms with Gasteiger partial charge in [-0.25, -0.2) is 0 Å². The summed E-state index contributed by atoms with van der Waals surface area (Å²) in [6.45, 7) is 2.43. The number of aliphatic carboxylic acids is 1. The van der Waals surface area contributed by atoms with E-state index in [9.17, 15) is 4.79 Å². The van der Waals surface area contributed by atoms with E-state index in [0.29, 0.717) is 13.0 Å². The summed E-state index contributed by atoms with van der Waals surface area (Å²) in [5.41, 5.74) is 1.08. The Kier molecular flexibility index (Phi) is 4.87. The number of hydrogen-bond donors (Lipinski definition) is 1. The third kappa shape index (κ3) is 4.51. The summed E-state index contributed by atoms with van der Waals surface area (Å²) >= 11 is 2.24. The van der Waals surface area contributed by atoms with Crippen LogP contribution in [-0.2, 0) is 4.79 Å². The Morgan fingerprint density at radius 1 is 1.53 bits per heavy atom. The van der Waals surface area contributed by atoms with Crippen molar-refractivity contribution in [2.75, 3.05) is 6.61 Å². The zero-order chi connectivity index (χ0) is 11.3. The van der Waals surface area contributed by atoms with Gasteiger partial charge in [0.25, 0.3) is 0 Å². The number of carbonyl (C=O) groups is 1. The molecule has 0 atom stereocenters. The van der Waals surface area contributed by atoms with E-state index in [1.807, 2.05) is 25.1 Å². The Morgan fingerprint density at radius 3 is 2.87 bits per heavy atom. The molecule has 3 nitrogen and oxygen atoms in total. The van der Waals surface area contributed by atoms with Gasteiger partial charge in [0.05, 0.1) is 6.61 Å². The number of aryl methyl sites for hydroxylation is 1. The molecule has 15 heavy (non-hydrogen) atoms. The van der Waals surface area contributed by atoms with E-state index in [2.05, 4.69) is 22.6 Å². The summed E-state index contributed by atoms with van der Waals surface area (Å²) in [4.78, 5) is 10.3. The molecule has 0 saturated carbocycles. The van der Waals surface area contributed by atoms with Crippen molar-refractivity contribution in [3.05, 3.63) is 27.3 Å². The van der Waals surface area contributed by atoms with Gasteiger partial charge in [-0.15, -0.1) is 0 Å². The maximum Gasteiger partial charge on any atom is 0.303 e. The molecule has 1 aromatic rings. The first-order chi connectivity index (χ1) is 7.09. The molecule has 0 aliphatic carbocycles. The van der Waals surface area contributed by atoms with Gasteiger partial charge in [0.2, 0.25) is 0 Å². The molecule has 0 saturated heterocycles. The summed E-state index contributed by atoms with van der Waals surface area (Å²) in [5, 5.41) is 8.45. The highest BCUT2D eigenvalue weighted by molar-refractivity contribution is 14.1. The molecule has 0 unspecified atom stereocenters. The second-order valence-corrected chi connectivity index (χ2v) is 4.50. The monoisotopic (exact) mass is 320 g/mol. The molecule has 0 spiro atoms. The topological polar surface area (TPSA) is 46.5 Å². The summed E-state index contributed by atoms with van der Waals surface area (Å²) in [5.74, 6) is 0.0544. The molecule has 1 rings (SSSR count). The zero-order valence-electron chi connectivity index (χ0n) is 8.50. The van der Waals surface area contributed by atoms with Crippen molar-refractivity contribution in [3.63, 3.8) is 0 Å². The predicted molar refractivity (Wildman–Crippen MR) is 66.3 cm³/mol. The van der Waals surface area contributed by atoms with Crippen molar-refractivity contribution in [2.45, 2.75) is 19.8 Å². The van der Waals surface area contributed by atoms with Crippen molar-refractivity contribution in [1.82, 2.24) is 0 Å². The van der Waals surface area contributed by atoms with Crippen LogP contribution < -0.4 is 4.74 Å². The van der Waals surface area contributed by atoms with Crippen molar-refractivity contribution in [3.8, 4) is 5.75 Å². The second-order valence-electron chi connectivity index (χ2n) is 3.26. The van der Waals surface area contributed by atoms with Gasteiger partial charge in [-0.2, -0.15) is 0 Å². The average Bonchev–Trinajstić information content (AvgIpc) is 2.14. The van der Waals surface area contributed by atoms with Gasteiger partial charge in [-0.05, 0) is 59.7 Å². The van der Waals surface area contributed by atoms with Crippen molar-refractivity contribution in [2.24, 2.45) is 0 Å². The van der Waals surface area contributed by atoms with Crippen LogP contribution in [0.25, 0.3) is 0 Å². The molecule has 0 amide bonds. The van der Waals surface area contributed by atoms with E-state index >= 15 is 0 Å². The van der Waals surface area contributed by atoms with E-state index in [-0.39, 0.29) is 6.42 Å².